The zero-order valence-corrected chi connectivity index (χ0v) is 18.8. The Kier molecular flexibility index (Phi) is 9.16. The SMILES string of the molecule is CCOc1cc(/C=N\NC(=O)C(=O)NCCc2ccccc2)ccc1OCc1ccc(F)cc1. The predicted octanol–water partition coefficient (Wildman–Crippen LogP) is 3.61. The first-order valence-corrected chi connectivity index (χ1v) is 10.8. The van der Waals surface area contributed by atoms with Crippen molar-refractivity contribution in [2.45, 2.75) is 20.0 Å². The molecule has 0 saturated heterocycles. The van der Waals surface area contributed by atoms with Crippen LogP contribution in [0.4, 0.5) is 4.39 Å². The van der Waals surface area contributed by atoms with E-state index in [4.69, 9.17) is 9.47 Å². The average molecular weight is 464 g/mol. The van der Waals surface area contributed by atoms with Gasteiger partial charge in [-0.2, -0.15) is 5.10 Å². The van der Waals surface area contributed by atoms with Gasteiger partial charge in [0, 0.05) is 6.54 Å². The van der Waals surface area contributed by atoms with Gasteiger partial charge in [0.05, 0.1) is 12.8 Å². The van der Waals surface area contributed by atoms with Gasteiger partial charge >= 0.3 is 11.8 Å². The quantitative estimate of drug-likeness (QED) is 0.273. The number of amides is 2. The van der Waals surface area contributed by atoms with Crippen LogP contribution in [0.3, 0.4) is 0 Å². The molecule has 0 atom stereocenters. The molecule has 0 radical (unpaired) electrons. The summed E-state index contributed by atoms with van der Waals surface area (Å²) in [4.78, 5) is 23.8. The van der Waals surface area contributed by atoms with E-state index in [2.05, 4.69) is 15.8 Å². The Balaban J connectivity index is 1.50. The number of carbonyl (C=O) groups is 2. The third kappa shape index (κ3) is 7.74. The van der Waals surface area contributed by atoms with E-state index in [1.807, 2.05) is 37.3 Å². The summed E-state index contributed by atoms with van der Waals surface area (Å²) in [6.45, 7) is 2.87. The van der Waals surface area contributed by atoms with Gasteiger partial charge in [-0.05, 0) is 60.4 Å². The summed E-state index contributed by atoms with van der Waals surface area (Å²) in [6, 6.07) is 20.9. The summed E-state index contributed by atoms with van der Waals surface area (Å²) in [5.74, 6) is -0.899. The highest BCUT2D eigenvalue weighted by atomic mass is 19.1. The van der Waals surface area contributed by atoms with Crippen LogP contribution in [0.15, 0.2) is 77.9 Å². The van der Waals surface area contributed by atoms with Crippen molar-refractivity contribution in [1.82, 2.24) is 10.7 Å². The maximum atomic E-state index is 13.1. The van der Waals surface area contributed by atoms with Crippen molar-refractivity contribution >= 4 is 18.0 Å². The summed E-state index contributed by atoms with van der Waals surface area (Å²) in [6.07, 6.45) is 2.03. The van der Waals surface area contributed by atoms with Crippen molar-refractivity contribution in [1.29, 1.82) is 0 Å². The third-order valence-electron chi connectivity index (χ3n) is 4.70. The van der Waals surface area contributed by atoms with Gasteiger partial charge < -0.3 is 14.8 Å². The van der Waals surface area contributed by atoms with E-state index in [0.717, 1.165) is 11.1 Å². The molecule has 7 nitrogen and oxygen atoms in total. The van der Waals surface area contributed by atoms with Gasteiger partial charge in [-0.25, -0.2) is 9.82 Å². The average Bonchev–Trinajstić information content (AvgIpc) is 2.85. The van der Waals surface area contributed by atoms with E-state index < -0.39 is 11.8 Å². The molecule has 176 valence electrons. The van der Waals surface area contributed by atoms with Crippen molar-refractivity contribution in [3.8, 4) is 11.5 Å². The van der Waals surface area contributed by atoms with Gasteiger partial charge in [0.25, 0.3) is 0 Å². The molecule has 0 heterocycles. The van der Waals surface area contributed by atoms with Crippen molar-refractivity contribution in [3.63, 3.8) is 0 Å². The minimum absolute atomic E-state index is 0.253. The second kappa shape index (κ2) is 12.7. The van der Waals surface area contributed by atoms with Crippen LogP contribution in [-0.2, 0) is 22.6 Å². The monoisotopic (exact) mass is 463 g/mol. The first kappa shape index (κ1) is 24.4. The lowest BCUT2D eigenvalue weighted by Gasteiger charge is -2.12. The Morgan fingerprint density at radius 1 is 0.912 bits per heavy atom. The van der Waals surface area contributed by atoms with Crippen molar-refractivity contribution in [3.05, 3.63) is 95.3 Å². The summed E-state index contributed by atoms with van der Waals surface area (Å²) in [5.41, 5.74) is 4.74. The Labute approximate surface area is 197 Å². The van der Waals surface area contributed by atoms with Crippen molar-refractivity contribution in [2.24, 2.45) is 5.10 Å². The van der Waals surface area contributed by atoms with Gasteiger partial charge in [0.2, 0.25) is 0 Å². The molecular weight excluding hydrogens is 437 g/mol. The zero-order valence-electron chi connectivity index (χ0n) is 18.8. The van der Waals surface area contributed by atoms with Crippen LogP contribution >= 0.6 is 0 Å². The molecule has 2 amide bonds. The molecule has 2 N–H and O–H groups in total. The van der Waals surface area contributed by atoms with Crippen LogP contribution in [0.5, 0.6) is 11.5 Å². The number of hydrogen-bond donors (Lipinski definition) is 2. The number of nitrogens with zero attached hydrogens (tertiary/aromatic N) is 1. The molecule has 3 rings (SSSR count). The fourth-order valence-electron chi connectivity index (χ4n) is 3.00. The third-order valence-corrected chi connectivity index (χ3v) is 4.70. The Morgan fingerprint density at radius 3 is 2.41 bits per heavy atom. The van der Waals surface area contributed by atoms with Crippen molar-refractivity contribution in [2.75, 3.05) is 13.2 Å². The number of ether oxygens (including phenoxy) is 2. The van der Waals surface area contributed by atoms with E-state index in [1.165, 1.54) is 18.3 Å². The van der Waals surface area contributed by atoms with Gasteiger partial charge in [0.1, 0.15) is 12.4 Å². The molecule has 0 saturated carbocycles. The van der Waals surface area contributed by atoms with E-state index in [1.54, 1.807) is 30.3 Å². The van der Waals surface area contributed by atoms with E-state index in [9.17, 15) is 14.0 Å². The second-order valence-corrected chi connectivity index (χ2v) is 7.24. The van der Waals surface area contributed by atoms with Crippen LogP contribution in [0.25, 0.3) is 0 Å². The highest BCUT2D eigenvalue weighted by molar-refractivity contribution is 6.35. The molecule has 0 aromatic heterocycles. The summed E-state index contributed by atoms with van der Waals surface area (Å²) >= 11 is 0. The second-order valence-electron chi connectivity index (χ2n) is 7.24. The molecule has 3 aromatic rings. The van der Waals surface area contributed by atoms with Crippen LogP contribution in [0.1, 0.15) is 23.6 Å². The van der Waals surface area contributed by atoms with E-state index in [0.29, 0.717) is 36.6 Å². The van der Waals surface area contributed by atoms with E-state index in [-0.39, 0.29) is 12.4 Å². The molecule has 3 aromatic carbocycles. The maximum absolute atomic E-state index is 13.1. The number of hydrogen-bond acceptors (Lipinski definition) is 5. The normalized spacial score (nSPS) is 10.6. The van der Waals surface area contributed by atoms with Crippen LogP contribution in [-0.4, -0.2) is 31.2 Å². The molecule has 0 bridgehead atoms. The Bertz CT molecular complexity index is 1120. The minimum Gasteiger partial charge on any atom is -0.490 e. The molecule has 0 spiro atoms. The van der Waals surface area contributed by atoms with Gasteiger partial charge in [-0.1, -0.05) is 42.5 Å². The minimum atomic E-state index is -0.853. The fraction of sp³-hybridized carbons (Fsp3) is 0.192. The molecule has 0 aliphatic rings. The number of hydrazone groups is 1. The predicted molar refractivity (Wildman–Crippen MR) is 127 cm³/mol. The molecule has 0 unspecified atom stereocenters. The Hall–Kier alpha value is -4.20. The molecule has 0 fully saturated rings. The summed E-state index contributed by atoms with van der Waals surface area (Å²) in [5, 5.41) is 6.41. The first-order chi connectivity index (χ1) is 16.5. The highest BCUT2D eigenvalue weighted by Gasteiger charge is 2.12. The number of rotatable bonds is 10. The summed E-state index contributed by atoms with van der Waals surface area (Å²) in [7, 11) is 0. The zero-order chi connectivity index (χ0) is 24.2. The molecule has 8 heteroatoms. The number of benzene rings is 3. The van der Waals surface area contributed by atoms with Crippen LogP contribution < -0.4 is 20.2 Å². The number of halogens is 1. The maximum Gasteiger partial charge on any atom is 0.329 e. The molecule has 0 aliphatic carbocycles. The lowest BCUT2D eigenvalue weighted by atomic mass is 10.1. The molecular formula is C26H26FN3O4. The van der Waals surface area contributed by atoms with E-state index >= 15 is 0 Å². The van der Waals surface area contributed by atoms with Crippen molar-refractivity contribution < 1.29 is 23.5 Å². The highest BCUT2D eigenvalue weighted by Crippen LogP contribution is 2.29. The standard InChI is InChI=1S/C26H26FN3O4/c1-2-33-24-16-21(10-13-23(24)34-18-20-8-11-22(27)12-9-20)17-29-30-26(32)25(31)28-15-14-19-6-4-3-5-7-19/h3-13,16-17H,2,14-15,18H2,1H3,(H,28,31)(H,30,32)/b29-17-. The Morgan fingerprint density at radius 2 is 1.68 bits per heavy atom. The lowest BCUT2D eigenvalue weighted by Crippen LogP contribution is -2.38. The first-order valence-electron chi connectivity index (χ1n) is 10.8. The lowest BCUT2D eigenvalue weighted by molar-refractivity contribution is -0.139. The number of nitrogens with one attached hydrogen (secondary N) is 2. The topological polar surface area (TPSA) is 89.0 Å². The van der Waals surface area contributed by atoms with Crippen LogP contribution in [0.2, 0.25) is 0 Å². The van der Waals surface area contributed by atoms with Gasteiger partial charge in [0.15, 0.2) is 11.5 Å². The molecule has 34 heavy (non-hydrogen) atoms. The van der Waals surface area contributed by atoms with Gasteiger partial charge in [-0.15, -0.1) is 0 Å². The molecule has 0 aliphatic heterocycles. The smallest absolute Gasteiger partial charge is 0.329 e. The van der Waals surface area contributed by atoms with Crippen LogP contribution in [0, 0.1) is 5.82 Å². The fourth-order valence-corrected chi connectivity index (χ4v) is 3.00. The largest absolute Gasteiger partial charge is 0.490 e. The van der Waals surface area contributed by atoms with Gasteiger partial charge in [-0.3, -0.25) is 9.59 Å². The summed E-state index contributed by atoms with van der Waals surface area (Å²) < 4.78 is 24.5. The number of carbonyl (C=O) groups excluding carboxylic acids is 2.